The van der Waals surface area contributed by atoms with Crippen molar-refractivity contribution in [1.29, 1.82) is 0 Å². The lowest BCUT2D eigenvalue weighted by molar-refractivity contribution is -0.138. The molecule has 0 aliphatic carbocycles. The number of anilines is 1. The molecule has 0 saturated carbocycles. The van der Waals surface area contributed by atoms with Gasteiger partial charge in [0.25, 0.3) is 0 Å². The summed E-state index contributed by atoms with van der Waals surface area (Å²) in [7, 11) is 0. The van der Waals surface area contributed by atoms with Crippen molar-refractivity contribution >= 4 is 17.0 Å². The first-order valence-corrected chi connectivity index (χ1v) is 8.92. The molecule has 0 saturated heterocycles. The molecule has 0 aliphatic heterocycles. The van der Waals surface area contributed by atoms with Crippen LogP contribution >= 0.6 is 0 Å². The number of fused-ring (bicyclic) bond motifs is 1. The van der Waals surface area contributed by atoms with Crippen LogP contribution in [0.5, 0.6) is 0 Å². The molecule has 0 atom stereocenters. The smallest absolute Gasteiger partial charge is 0.364 e. The first-order chi connectivity index (χ1) is 13.9. The fourth-order valence-corrected chi connectivity index (χ4v) is 3.08. The first kappa shape index (κ1) is 18.9. The molecule has 148 valence electrons. The zero-order valence-corrected chi connectivity index (χ0v) is 15.5. The summed E-state index contributed by atoms with van der Waals surface area (Å²) in [6.07, 6.45) is -4.42. The number of nitrogens with one attached hydrogen (secondary N) is 1. The van der Waals surface area contributed by atoms with Gasteiger partial charge in [0.2, 0.25) is 0 Å². The van der Waals surface area contributed by atoms with Gasteiger partial charge in [-0.15, -0.1) is 5.10 Å². The number of nitrogens with zero attached hydrogens (tertiary/aromatic N) is 5. The quantitative estimate of drug-likeness (QED) is 0.546. The van der Waals surface area contributed by atoms with Crippen LogP contribution in [0.15, 0.2) is 54.6 Å². The van der Waals surface area contributed by atoms with Gasteiger partial charge in [-0.25, -0.2) is 14.6 Å². The van der Waals surface area contributed by atoms with Crippen molar-refractivity contribution in [2.45, 2.75) is 26.2 Å². The summed E-state index contributed by atoms with van der Waals surface area (Å²) in [5, 5.41) is 11.3. The summed E-state index contributed by atoms with van der Waals surface area (Å²) in [4.78, 5) is 8.72. The van der Waals surface area contributed by atoms with E-state index in [1.165, 1.54) is 12.1 Å². The Morgan fingerprint density at radius 3 is 2.45 bits per heavy atom. The number of rotatable bonds is 5. The molecule has 2 heterocycles. The van der Waals surface area contributed by atoms with E-state index < -0.39 is 11.7 Å². The molecule has 1 N–H and O–H groups in total. The Morgan fingerprint density at radius 2 is 1.69 bits per heavy atom. The monoisotopic (exact) mass is 398 g/mol. The molecule has 6 nitrogen and oxygen atoms in total. The van der Waals surface area contributed by atoms with Crippen LogP contribution in [0.1, 0.15) is 22.5 Å². The number of alkyl halides is 3. The van der Waals surface area contributed by atoms with E-state index in [1.807, 2.05) is 30.3 Å². The third-order valence-corrected chi connectivity index (χ3v) is 4.42. The molecule has 0 radical (unpaired) electrons. The fraction of sp³-hybridized carbons (Fsp3) is 0.200. The molecule has 0 bridgehead atoms. The first-order valence-electron chi connectivity index (χ1n) is 8.92. The predicted molar refractivity (Wildman–Crippen MR) is 102 cm³/mol. The third kappa shape index (κ3) is 4.03. The summed E-state index contributed by atoms with van der Waals surface area (Å²) < 4.78 is 41.3. The molecule has 0 aliphatic rings. The molecule has 0 spiro atoms. The van der Waals surface area contributed by atoms with E-state index in [9.17, 15) is 13.2 Å². The van der Waals surface area contributed by atoms with Crippen LogP contribution < -0.4 is 5.32 Å². The highest BCUT2D eigenvalue weighted by molar-refractivity contribution is 5.82. The molecule has 2 aromatic carbocycles. The number of benzene rings is 2. The van der Waals surface area contributed by atoms with Crippen LogP contribution in [-0.2, 0) is 19.3 Å². The normalized spacial score (nSPS) is 11.7. The molecule has 4 aromatic rings. The summed E-state index contributed by atoms with van der Waals surface area (Å²) in [6.45, 7) is 2.14. The van der Waals surface area contributed by atoms with Crippen LogP contribution in [0.2, 0.25) is 0 Å². The Bertz CT molecular complexity index is 1140. The SMILES string of the molecule is Cc1nc(NCc2ccccc2C(F)(F)F)c2nnn(Cc3ccccc3)c2n1. The molecule has 9 heteroatoms. The fourth-order valence-electron chi connectivity index (χ4n) is 3.08. The van der Waals surface area contributed by atoms with Crippen molar-refractivity contribution in [1.82, 2.24) is 25.0 Å². The molecule has 0 fully saturated rings. The maximum atomic E-state index is 13.2. The second-order valence-electron chi connectivity index (χ2n) is 6.53. The lowest BCUT2D eigenvalue weighted by atomic mass is 10.1. The molecule has 2 aromatic heterocycles. The number of hydrogen-bond donors (Lipinski definition) is 1. The second-order valence-corrected chi connectivity index (χ2v) is 6.53. The van der Waals surface area contributed by atoms with Crippen molar-refractivity contribution in [3.63, 3.8) is 0 Å². The molecule has 0 amide bonds. The molecule has 29 heavy (non-hydrogen) atoms. The summed E-state index contributed by atoms with van der Waals surface area (Å²) in [5.74, 6) is 0.824. The number of aromatic nitrogens is 5. The van der Waals surface area contributed by atoms with Gasteiger partial charge in [0.05, 0.1) is 12.1 Å². The van der Waals surface area contributed by atoms with Gasteiger partial charge in [-0.2, -0.15) is 13.2 Å². The zero-order valence-electron chi connectivity index (χ0n) is 15.5. The van der Waals surface area contributed by atoms with Gasteiger partial charge in [0.1, 0.15) is 5.82 Å². The van der Waals surface area contributed by atoms with Crippen molar-refractivity contribution in [2.75, 3.05) is 5.32 Å². The second kappa shape index (κ2) is 7.50. The van der Waals surface area contributed by atoms with E-state index in [0.717, 1.165) is 11.6 Å². The molecular weight excluding hydrogens is 381 g/mol. The summed E-state index contributed by atoms with van der Waals surface area (Å²) in [5.41, 5.74) is 1.41. The minimum atomic E-state index is -4.42. The maximum absolute atomic E-state index is 13.2. The summed E-state index contributed by atoms with van der Waals surface area (Å²) >= 11 is 0. The standard InChI is InChI=1S/C20H17F3N6/c1-13-25-18(24-11-15-9-5-6-10-16(15)20(21,22)23)17-19(26-13)29(28-27-17)12-14-7-3-2-4-8-14/h2-10H,11-12H2,1H3,(H,24,25,26). The van der Waals surface area contributed by atoms with Crippen LogP contribution in [-0.4, -0.2) is 25.0 Å². The van der Waals surface area contributed by atoms with Gasteiger partial charge in [-0.1, -0.05) is 53.7 Å². The third-order valence-electron chi connectivity index (χ3n) is 4.42. The lowest BCUT2D eigenvalue weighted by Gasteiger charge is -2.13. The largest absolute Gasteiger partial charge is 0.416 e. The van der Waals surface area contributed by atoms with Crippen molar-refractivity contribution < 1.29 is 13.2 Å². The van der Waals surface area contributed by atoms with E-state index in [-0.39, 0.29) is 12.1 Å². The maximum Gasteiger partial charge on any atom is 0.416 e. The van der Waals surface area contributed by atoms with Gasteiger partial charge in [0, 0.05) is 6.54 Å². The Hall–Kier alpha value is -3.49. The Labute approximate surface area is 164 Å². The number of hydrogen-bond acceptors (Lipinski definition) is 5. The molecule has 0 unspecified atom stereocenters. The molecular formula is C20H17F3N6. The Kier molecular flexibility index (Phi) is 4.87. The van der Waals surface area contributed by atoms with Gasteiger partial charge in [0.15, 0.2) is 17.0 Å². The van der Waals surface area contributed by atoms with Crippen molar-refractivity contribution in [3.05, 3.63) is 77.1 Å². The highest BCUT2D eigenvalue weighted by Crippen LogP contribution is 2.32. The average Bonchev–Trinajstić information content (AvgIpc) is 3.09. The highest BCUT2D eigenvalue weighted by atomic mass is 19.4. The van der Waals surface area contributed by atoms with Crippen LogP contribution in [0.4, 0.5) is 19.0 Å². The van der Waals surface area contributed by atoms with E-state index in [1.54, 1.807) is 17.7 Å². The van der Waals surface area contributed by atoms with Gasteiger partial charge in [-0.05, 0) is 24.1 Å². The zero-order chi connectivity index (χ0) is 20.4. The van der Waals surface area contributed by atoms with E-state index in [4.69, 9.17) is 0 Å². The predicted octanol–water partition coefficient (Wildman–Crippen LogP) is 4.21. The van der Waals surface area contributed by atoms with Crippen LogP contribution in [0.3, 0.4) is 0 Å². The Morgan fingerprint density at radius 1 is 0.966 bits per heavy atom. The van der Waals surface area contributed by atoms with Crippen molar-refractivity contribution in [2.24, 2.45) is 0 Å². The van der Waals surface area contributed by atoms with E-state index in [0.29, 0.717) is 29.4 Å². The van der Waals surface area contributed by atoms with Crippen LogP contribution in [0.25, 0.3) is 11.2 Å². The van der Waals surface area contributed by atoms with Gasteiger partial charge >= 0.3 is 6.18 Å². The average molecular weight is 398 g/mol. The molecule has 4 rings (SSSR count). The van der Waals surface area contributed by atoms with E-state index >= 15 is 0 Å². The summed E-state index contributed by atoms with van der Waals surface area (Å²) in [6, 6.07) is 15.2. The minimum absolute atomic E-state index is 0.0488. The Balaban J connectivity index is 1.64. The number of halogens is 3. The van der Waals surface area contributed by atoms with Crippen molar-refractivity contribution in [3.8, 4) is 0 Å². The topological polar surface area (TPSA) is 68.5 Å². The van der Waals surface area contributed by atoms with Gasteiger partial charge < -0.3 is 5.32 Å². The van der Waals surface area contributed by atoms with Crippen LogP contribution in [0, 0.1) is 6.92 Å². The highest BCUT2D eigenvalue weighted by Gasteiger charge is 2.32. The lowest BCUT2D eigenvalue weighted by Crippen LogP contribution is -2.12. The van der Waals surface area contributed by atoms with E-state index in [2.05, 4.69) is 25.6 Å². The number of aryl methyl sites for hydroxylation is 1. The minimum Gasteiger partial charge on any atom is -0.364 e. The van der Waals surface area contributed by atoms with Gasteiger partial charge in [-0.3, -0.25) is 0 Å².